The van der Waals surface area contributed by atoms with E-state index in [1.807, 2.05) is 0 Å². The third-order valence-electron chi connectivity index (χ3n) is 0. The molecule has 0 saturated carbocycles. The van der Waals surface area contributed by atoms with Crippen molar-refractivity contribution in [3.8, 4) is 0 Å². The van der Waals surface area contributed by atoms with Gasteiger partial charge in [0.15, 0.2) is 0 Å². The Morgan fingerprint density at radius 1 is 2.00 bits per heavy atom. The zero-order chi connectivity index (χ0) is 4.50. The first-order valence-corrected chi connectivity index (χ1v) is 6.07. The van der Waals surface area contributed by atoms with Crippen LogP contribution in [0.2, 0.25) is 0 Å². The van der Waals surface area contributed by atoms with Gasteiger partial charge in [-0.25, -0.2) is 0 Å². The van der Waals surface area contributed by atoms with Crippen LogP contribution in [0.3, 0.4) is 0 Å². The maximum atomic E-state index is 9.61. The molecule has 0 saturated heterocycles. The zero-order valence-electron chi connectivity index (χ0n) is 2.20. The van der Waals surface area contributed by atoms with Crippen LogP contribution in [0.4, 0.5) is 0 Å². The Morgan fingerprint density at radius 2 is 2.00 bits per heavy atom. The monoisotopic (exact) mass is 178 g/mol. The summed E-state index contributed by atoms with van der Waals surface area (Å²) in [5.74, 6) is 0. The second-order valence-electron chi connectivity index (χ2n) is 0.513. The predicted molar refractivity (Wildman–Crippen MR) is 26.0 cm³/mol. The van der Waals surface area contributed by atoms with E-state index in [0.29, 0.717) is 0 Å². The molecule has 0 rings (SSSR count). The van der Waals surface area contributed by atoms with Gasteiger partial charge in [-0.1, -0.05) is 0 Å². The van der Waals surface area contributed by atoms with E-state index in [9.17, 15) is 4.57 Å². The molecule has 0 spiro atoms. The molecule has 5 heavy (non-hydrogen) atoms. The Hall–Kier alpha value is 1.06. The fraction of sp³-hybridized carbons (Fsp3) is 0. The Labute approximate surface area is 43.0 Å². The molecule has 0 heterocycles. The Bertz CT molecular complexity index is 55.8. The molecule has 0 fully saturated rings. The van der Waals surface area contributed by atoms with Gasteiger partial charge in [-0.05, 0) is 0 Å². The van der Waals surface area contributed by atoms with Crippen molar-refractivity contribution in [1.29, 1.82) is 0 Å². The van der Waals surface area contributed by atoms with E-state index in [2.05, 4.69) is 12.2 Å². The maximum absolute atomic E-state index is 9.61. The van der Waals surface area contributed by atoms with Gasteiger partial charge in [-0.15, -0.1) is 0 Å². The van der Waals surface area contributed by atoms with E-state index in [1.54, 1.807) is 15.6 Å². The molecule has 0 aromatic rings. The molecule has 0 aromatic heterocycles. The Kier molecular flexibility index (Phi) is 2.03. The molecule has 0 radical (unpaired) electrons. The van der Waals surface area contributed by atoms with Crippen molar-refractivity contribution in [1.82, 2.24) is 0 Å². The van der Waals surface area contributed by atoms with Crippen LogP contribution in [0.25, 0.3) is 0 Å². The van der Waals surface area contributed by atoms with E-state index in [4.69, 9.17) is 4.89 Å². The normalized spacial score (nSPS) is 21.4. The van der Waals surface area contributed by atoms with E-state index in [1.165, 1.54) is 0 Å². The zero-order valence-corrected chi connectivity index (χ0v) is 5.86. The SMILES string of the molecule is O=P(O)(S)[SeH]. The molecule has 0 aliphatic carbocycles. The fourth-order valence-corrected chi connectivity index (χ4v) is 0. The van der Waals surface area contributed by atoms with Crippen molar-refractivity contribution in [3.05, 3.63) is 0 Å². The average molecular weight is 177 g/mol. The van der Waals surface area contributed by atoms with Crippen LogP contribution in [0, 0.1) is 0 Å². The van der Waals surface area contributed by atoms with Gasteiger partial charge >= 0.3 is 42.5 Å². The van der Waals surface area contributed by atoms with Crippen LogP contribution in [0.5, 0.6) is 0 Å². The van der Waals surface area contributed by atoms with Crippen molar-refractivity contribution in [2.45, 2.75) is 0 Å². The summed E-state index contributed by atoms with van der Waals surface area (Å²) in [6, 6.07) is 0. The molecule has 1 unspecified atom stereocenters. The van der Waals surface area contributed by atoms with Crippen molar-refractivity contribution in [2.24, 2.45) is 0 Å². The van der Waals surface area contributed by atoms with Crippen LogP contribution < -0.4 is 0 Å². The number of thiol groups is 1. The molecule has 0 aromatic carbocycles. The molecular weight excluding hydrogens is 174 g/mol. The van der Waals surface area contributed by atoms with Gasteiger partial charge in [0.1, 0.15) is 0 Å². The average Bonchev–Trinajstić information content (AvgIpc) is 0.722. The van der Waals surface area contributed by atoms with Gasteiger partial charge in [0, 0.05) is 0 Å². The summed E-state index contributed by atoms with van der Waals surface area (Å²) < 4.78 is 9.61. The summed E-state index contributed by atoms with van der Waals surface area (Å²) in [4.78, 5) is 7.91. The second-order valence-corrected chi connectivity index (χ2v) is 8.63. The second kappa shape index (κ2) is 1.67. The Morgan fingerprint density at radius 3 is 2.00 bits per heavy atom. The van der Waals surface area contributed by atoms with E-state index < -0.39 is 5.26 Å². The molecule has 0 amide bonds. The van der Waals surface area contributed by atoms with Gasteiger partial charge in [-0.3, -0.25) is 0 Å². The van der Waals surface area contributed by atoms with Crippen molar-refractivity contribution < 1.29 is 9.46 Å². The van der Waals surface area contributed by atoms with Crippen molar-refractivity contribution in [3.63, 3.8) is 0 Å². The van der Waals surface area contributed by atoms with E-state index >= 15 is 0 Å². The molecule has 0 aliphatic rings. The first-order chi connectivity index (χ1) is 2.00. The van der Waals surface area contributed by atoms with Crippen LogP contribution in [0.15, 0.2) is 0 Å². The van der Waals surface area contributed by atoms with Crippen LogP contribution in [-0.4, -0.2) is 20.5 Å². The minimum atomic E-state index is -3.01. The van der Waals surface area contributed by atoms with Gasteiger partial charge in [-0.2, -0.15) is 0 Å². The van der Waals surface area contributed by atoms with Gasteiger partial charge < -0.3 is 0 Å². The molecule has 1 atom stereocenters. The first kappa shape index (κ1) is 6.06. The molecule has 32 valence electrons. The summed E-state index contributed by atoms with van der Waals surface area (Å²) in [5.41, 5.74) is 0. The Balaban J connectivity index is 3.47. The van der Waals surface area contributed by atoms with Gasteiger partial charge in [0.05, 0.1) is 0 Å². The molecular formula is H3O2PSSe. The standard InChI is InChI=1S/H3O2PSSe/c1-3(2,4)5/h(H3,1,2,4,5). The molecule has 0 bridgehead atoms. The van der Waals surface area contributed by atoms with Crippen LogP contribution in [-0.2, 0) is 4.57 Å². The van der Waals surface area contributed by atoms with Crippen molar-refractivity contribution >= 4 is 33.1 Å². The van der Waals surface area contributed by atoms with Crippen LogP contribution in [0.1, 0.15) is 0 Å². The summed E-state index contributed by atoms with van der Waals surface area (Å²) in [7, 11) is 0. The molecule has 5 heteroatoms. The number of hydrogen-bond donors (Lipinski definition) is 2. The fourth-order valence-electron chi connectivity index (χ4n) is 0. The molecule has 0 aliphatic heterocycles. The predicted octanol–water partition coefficient (Wildman–Crippen LogP) is -0.0826. The molecule has 1 N–H and O–H groups in total. The summed E-state index contributed by atoms with van der Waals surface area (Å²) in [5, 5.41) is -3.01. The minimum absolute atomic E-state index is 1.56. The van der Waals surface area contributed by atoms with Crippen molar-refractivity contribution in [2.75, 3.05) is 0 Å². The van der Waals surface area contributed by atoms with E-state index in [0.717, 1.165) is 0 Å². The van der Waals surface area contributed by atoms with Gasteiger partial charge in [0.2, 0.25) is 0 Å². The summed E-state index contributed by atoms with van der Waals surface area (Å²) >= 11 is 4.76. The summed E-state index contributed by atoms with van der Waals surface area (Å²) in [6.45, 7) is 0. The third-order valence-corrected chi connectivity index (χ3v) is 0. The number of hydrogen-bond acceptors (Lipinski definition) is 1. The van der Waals surface area contributed by atoms with Crippen LogP contribution >= 0.6 is 17.5 Å². The van der Waals surface area contributed by atoms with Gasteiger partial charge in [0.25, 0.3) is 0 Å². The summed E-state index contributed by atoms with van der Waals surface area (Å²) in [6.07, 6.45) is 0. The molecule has 2 nitrogen and oxygen atoms in total. The third kappa shape index (κ3) is 42.2. The van der Waals surface area contributed by atoms with E-state index in [-0.39, 0.29) is 0 Å². The number of rotatable bonds is 0. The first-order valence-electron chi connectivity index (χ1n) is 0.783. The topological polar surface area (TPSA) is 37.3 Å². The quantitative estimate of drug-likeness (QED) is 0.308.